The van der Waals surface area contributed by atoms with E-state index in [0.29, 0.717) is 37.4 Å². The van der Waals surface area contributed by atoms with Crippen LogP contribution in [0.4, 0.5) is 10.2 Å². The molecular formula is C30H40FN3O5. The molecule has 2 saturated heterocycles. The monoisotopic (exact) mass is 541 g/mol. The Labute approximate surface area is 229 Å². The summed E-state index contributed by atoms with van der Waals surface area (Å²) in [5, 5.41) is 13.6. The summed E-state index contributed by atoms with van der Waals surface area (Å²) in [6.07, 6.45) is 8.46. The van der Waals surface area contributed by atoms with Crippen molar-refractivity contribution in [3.05, 3.63) is 52.5 Å². The van der Waals surface area contributed by atoms with E-state index in [0.717, 1.165) is 69.4 Å². The summed E-state index contributed by atoms with van der Waals surface area (Å²) in [6, 6.07) is 6.49. The second kappa shape index (κ2) is 13.1. The van der Waals surface area contributed by atoms with Gasteiger partial charge in [-0.2, -0.15) is 0 Å². The molecule has 0 amide bonds. The van der Waals surface area contributed by atoms with E-state index in [1.54, 1.807) is 6.07 Å². The van der Waals surface area contributed by atoms with Crippen LogP contribution in [-0.2, 0) is 27.1 Å². The first-order valence-corrected chi connectivity index (χ1v) is 14.3. The number of nitrogens with one attached hydrogen (secondary N) is 1. The molecule has 3 atom stereocenters. The highest BCUT2D eigenvalue weighted by Crippen LogP contribution is 2.39. The van der Waals surface area contributed by atoms with Gasteiger partial charge in [-0.25, -0.2) is 9.37 Å². The Kier molecular flexibility index (Phi) is 9.32. The predicted molar refractivity (Wildman–Crippen MR) is 146 cm³/mol. The van der Waals surface area contributed by atoms with Gasteiger partial charge < -0.3 is 24.6 Å². The van der Waals surface area contributed by atoms with Crippen molar-refractivity contribution in [3.8, 4) is 5.75 Å². The van der Waals surface area contributed by atoms with Gasteiger partial charge in [-0.1, -0.05) is 12.5 Å². The molecular weight excluding hydrogens is 501 g/mol. The Morgan fingerprint density at radius 2 is 2.15 bits per heavy atom. The molecule has 3 aliphatic heterocycles. The van der Waals surface area contributed by atoms with E-state index in [9.17, 15) is 14.3 Å². The summed E-state index contributed by atoms with van der Waals surface area (Å²) in [7, 11) is 1.38. The van der Waals surface area contributed by atoms with Crippen LogP contribution in [0.25, 0.3) is 0 Å². The first-order chi connectivity index (χ1) is 19.0. The van der Waals surface area contributed by atoms with Gasteiger partial charge in [-0.15, -0.1) is 0 Å². The Bertz CT molecular complexity index is 1140. The number of aliphatic carboxylic acids is 1. The smallest absolute Gasteiger partial charge is 0.325 e. The number of likely N-dealkylation sites (tertiary alicyclic amines) is 1. The summed E-state index contributed by atoms with van der Waals surface area (Å²) < 4.78 is 32.2. The van der Waals surface area contributed by atoms with Crippen molar-refractivity contribution in [2.75, 3.05) is 45.3 Å². The Balaban J connectivity index is 1.11. The maximum Gasteiger partial charge on any atom is 0.325 e. The van der Waals surface area contributed by atoms with Crippen molar-refractivity contribution >= 4 is 11.8 Å². The number of pyridine rings is 1. The standard InChI is InChI=1S/C30H40FN3O5/c1-37-28-24(17-21(18-25(28)31)26-9-6-16-39-26)27(30(35)36)34-14-12-23(19-34)38-15-4-2-3-8-22-11-10-20-7-5-13-32-29(20)33-22/h10-11,17-18,23,26-27H,2-9,12-16,19H2,1H3,(H,32,33)(H,35,36)/t23-,26+,27-/m1/s1. The number of benzene rings is 1. The minimum Gasteiger partial charge on any atom is -0.493 e. The fourth-order valence-corrected chi connectivity index (χ4v) is 6.03. The molecule has 5 rings (SSSR count). The SMILES string of the molecule is COc1c(F)cc([C@@H]2CCCO2)cc1[C@H](C(=O)O)N1CC[C@@H](OCCCCCc2ccc3c(n2)NCCC3)C1. The summed E-state index contributed by atoms with van der Waals surface area (Å²) in [6.45, 7) is 3.32. The molecule has 9 heteroatoms. The summed E-state index contributed by atoms with van der Waals surface area (Å²) in [5.74, 6) is -0.548. The minimum atomic E-state index is -1.02. The molecule has 212 valence electrons. The van der Waals surface area contributed by atoms with Crippen molar-refractivity contribution in [2.24, 2.45) is 0 Å². The summed E-state index contributed by atoms with van der Waals surface area (Å²) in [4.78, 5) is 19.1. The highest BCUT2D eigenvalue weighted by Gasteiger charge is 2.37. The number of methoxy groups -OCH3 is 1. The molecule has 1 aromatic heterocycles. The van der Waals surface area contributed by atoms with Crippen LogP contribution in [-0.4, -0.2) is 67.0 Å². The zero-order valence-electron chi connectivity index (χ0n) is 22.8. The van der Waals surface area contributed by atoms with E-state index < -0.39 is 17.8 Å². The van der Waals surface area contributed by atoms with Gasteiger partial charge in [0.15, 0.2) is 11.6 Å². The van der Waals surface area contributed by atoms with Crippen molar-refractivity contribution in [3.63, 3.8) is 0 Å². The average Bonchev–Trinajstić information content (AvgIpc) is 3.63. The van der Waals surface area contributed by atoms with Gasteiger partial charge in [0, 0.05) is 44.1 Å². The molecule has 4 heterocycles. The van der Waals surface area contributed by atoms with Crippen LogP contribution in [0.5, 0.6) is 5.75 Å². The fraction of sp³-hybridized carbons (Fsp3) is 0.600. The van der Waals surface area contributed by atoms with E-state index in [4.69, 9.17) is 19.2 Å². The summed E-state index contributed by atoms with van der Waals surface area (Å²) in [5.41, 5.74) is 3.45. The molecule has 0 spiro atoms. The molecule has 1 aromatic carbocycles. The molecule has 0 saturated carbocycles. The highest BCUT2D eigenvalue weighted by molar-refractivity contribution is 5.77. The number of hydrogen-bond donors (Lipinski definition) is 2. The van der Waals surface area contributed by atoms with Crippen LogP contribution < -0.4 is 10.1 Å². The number of aryl methyl sites for hydroxylation is 2. The van der Waals surface area contributed by atoms with Gasteiger partial charge in [0.2, 0.25) is 0 Å². The normalized spacial score (nSPS) is 21.9. The third-order valence-electron chi connectivity index (χ3n) is 8.05. The first kappa shape index (κ1) is 27.8. The first-order valence-electron chi connectivity index (χ1n) is 14.3. The van der Waals surface area contributed by atoms with Crippen molar-refractivity contribution < 1.29 is 28.5 Å². The number of rotatable bonds is 12. The number of halogens is 1. The maximum atomic E-state index is 15.0. The van der Waals surface area contributed by atoms with Crippen LogP contribution >= 0.6 is 0 Å². The van der Waals surface area contributed by atoms with Gasteiger partial charge in [-0.3, -0.25) is 9.69 Å². The van der Waals surface area contributed by atoms with Crippen LogP contribution in [0.1, 0.15) is 79.5 Å². The third-order valence-corrected chi connectivity index (χ3v) is 8.05. The molecule has 8 nitrogen and oxygen atoms in total. The number of anilines is 1. The molecule has 0 aliphatic carbocycles. The molecule has 2 N–H and O–H groups in total. The molecule has 39 heavy (non-hydrogen) atoms. The van der Waals surface area contributed by atoms with Crippen molar-refractivity contribution in [1.82, 2.24) is 9.88 Å². The number of aromatic nitrogens is 1. The van der Waals surface area contributed by atoms with Gasteiger partial charge in [0.05, 0.1) is 19.3 Å². The lowest BCUT2D eigenvalue weighted by Crippen LogP contribution is -2.34. The van der Waals surface area contributed by atoms with Gasteiger partial charge in [0.1, 0.15) is 11.9 Å². The number of nitrogens with zero attached hydrogens (tertiary/aromatic N) is 2. The van der Waals surface area contributed by atoms with Crippen LogP contribution in [0.2, 0.25) is 0 Å². The lowest BCUT2D eigenvalue weighted by molar-refractivity contribution is -0.143. The van der Waals surface area contributed by atoms with Crippen LogP contribution in [0.3, 0.4) is 0 Å². The third kappa shape index (κ3) is 6.70. The molecule has 0 unspecified atom stereocenters. The average molecular weight is 542 g/mol. The van der Waals surface area contributed by atoms with Crippen LogP contribution in [0, 0.1) is 5.82 Å². The quantitative estimate of drug-likeness (QED) is 0.360. The van der Waals surface area contributed by atoms with E-state index in [1.807, 2.05) is 4.90 Å². The zero-order chi connectivity index (χ0) is 27.2. The van der Waals surface area contributed by atoms with Gasteiger partial charge in [-0.05, 0) is 80.7 Å². The number of carboxylic acid groups (broad SMARTS) is 1. The highest BCUT2D eigenvalue weighted by atomic mass is 19.1. The topological polar surface area (TPSA) is 93.2 Å². The van der Waals surface area contributed by atoms with Gasteiger partial charge in [0.25, 0.3) is 0 Å². The number of carbonyl (C=O) groups is 1. The Morgan fingerprint density at radius 1 is 1.26 bits per heavy atom. The second-order valence-electron chi connectivity index (χ2n) is 10.8. The predicted octanol–water partition coefficient (Wildman–Crippen LogP) is 5.07. The number of ether oxygens (including phenoxy) is 3. The number of unbranched alkanes of at least 4 members (excludes halogenated alkanes) is 2. The zero-order valence-corrected chi connectivity index (χ0v) is 22.8. The largest absolute Gasteiger partial charge is 0.493 e. The Hall–Kier alpha value is -2.75. The van der Waals surface area contributed by atoms with Crippen molar-refractivity contribution in [2.45, 2.75) is 76.0 Å². The lowest BCUT2D eigenvalue weighted by atomic mass is 9.97. The number of hydrogen-bond acceptors (Lipinski definition) is 7. The number of carboxylic acids is 1. The lowest BCUT2D eigenvalue weighted by Gasteiger charge is -2.27. The van der Waals surface area contributed by atoms with Crippen molar-refractivity contribution in [1.29, 1.82) is 0 Å². The molecule has 2 aromatic rings. The Morgan fingerprint density at radius 3 is 2.95 bits per heavy atom. The van der Waals surface area contributed by atoms with E-state index in [1.165, 1.54) is 25.2 Å². The molecule has 2 fully saturated rings. The molecule has 0 radical (unpaired) electrons. The minimum absolute atomic E-state index is 0.0160. The fourth-order valence-electron chi connectivity index (χ4n) is 6.03. The van der Waals surface area contributed by atoms with Crippen LogP contribution in [0.15, 0.2) is 24.3 Å². The molecule has 0 bridgehead atoms. The van der Waals surface area contributed by atoms with E-state index in [-0.39, 0.29) is 18.0 Å². The number of fused-ring (bicyclic) bond motifs is 1. The summed E-state index contributed by atoms with van der Waals surface area (Å²) >= 11 is 0. The van der Waals surface area contributed by atoms with E-state index >= 15 is 0 Å². The molecule has 3 aliphatic rings. The van der Waals surface area contributed by atoms with E-state index in [2.05, 4.69) is 17.4 Å². The second-order valence-corrected chi connectivity index (χ2v) is 10.8. The van der Waals surface area contributed by atoms with Gasteiger partial charge >= 0.3 is 5.97 Å². The maximum absolute atomic E-state index is 15.0.